The van der Waals surface area contributed by atoms with Crippen molar-refractivity contribution in [3.05, 3.63) is 251 Å². The zero-order chi connectivity index (χ0) is 36.1. The van der Waals surface area contributed by atoms with Crippen LogP contribution in [0.5, 0.6) is 11.5 Å². The second kappa shape index (κ2) is 11.3. The van der Waals surface area contributed by atoms with Gasteiger partial charge in [0.2, 0.25) is 0 Å². The molecule has 0 fully saturated rings. The van der Waals surface area contributed by atoms with Crippen molar-refractivity contribution in [2.45, 2.75) is 10.8 Å². The molecule has 256 valence electrons. The van der Waals surface area contributed by atoms with Crippen molar-refractivity contribution in [1.29, 1.82) is 0 Å². The van der Waals surface area contributed by atoms with E-state index in [0.29, 0.717) is 0 Å². The zero-order valence-corrected chi connectivity index (χ0v) is 30.0. The smallest absolute Gasteiger partial charge is 0.132 e. The Labute approximate surface area is 320 Å². The Balaban J connectivity index is 1.10. The minimum atomic E-state index is -0.519. The Morgan fingerprint density at radius 3 is 1.64 bits per heavy atom. The van der Waals surface area contributed by atoms with Gasteiger partial charge in [-0.2, -0.15) is 0 Å². The Bertz CT molecular complexity index is 2980. The van der Waals surface area contributed by atoms with Gasteiger partial charge < -0.3 is 4.74 Å². The highest BCUT2D eigenvalue weighted by Crippen LogP contribution is 2.63. The summed E-state index contributed by atoms with van der Waals surface area (Å²) in [6.07, 6.45) is 0. The summed E-state index contributed by atoms with van der Waals surface area (Å²) in [5, 5.41) is 2.54. The first kappa shape index (κ1) is 30.5. The fraction of sp³-hybridized carbons (Fsp3) is 0.0370. The average molecular weight is 699 g/mol. The Kier molecular flexibility index (Phi) is 6.25. The van der Waals surface area contributed by atoms with Crippen molar-refractivity contribution in [2.75, 3.05) is 0 Å². The van der Waals surface area contributed by atoms with E-state index in [0.717, 1.165) is 22.6 Å². The summed E-state index contributed by atoms with van der Waals surface area (Å²) in [6, 6.07) is 76.2. The van der Waals surface area contributed by atoms with Crippen LogP contribution >= 0.6 is 0 Å². The molecule has 0 radical (unpaired) electrons. The van der Waals surface area contributed by atoms with Gasteiger partial charge in [-0.3, -0.25) is 0 Å². The van der Waals surface area contributed by atoms with Crippen molar-refractivity contribution in [1.82, 2.24) is 0 Å². The third-order valence-electron chi connectivity index (χ3n) is 12.6. The van der Waals surface area contributed by atoms with Crippen LogP contribution in [-0.2, 0) is 10.8 Å². The molecule has 1 heteroatoms. The molecule has 9 aromatic rings. The zero-order valence-electron chi connectivity index (χ0n) is 30.0. The van der Waals surface area contributed by atoms with Crippen LogP contribution < -0.4 is 4.74 Å². The van der Waals surface area contributed by atoms with Crippen LogP contribution in [0.25, 0.3) is 44.2 Å². The average Bonchev–Trinajstić information content (AvgIpc) is 3.73. The summed E-state index contributed by atoms with van der Waals surface area (Å²) in [7, 11) is 0. The predicted octanol–water partition coefficient (Wildman–Crippen LogP) is 13.3. The van der Waals surface area contributed by atoms with Gasteiger partial charge in [-0.25, -0.2) is 0 Å². The summed E-state index contributed by atoms with van der Waals surface area (Å²) in [5.41, 5.74) is 16.6. The lowest BCUT2D eigenvalue weighted by Crippen LogP contribution is -2.32. The quantitative estimate of drug-likeness (QED) is 0.178. The fourth-order valence-electron chi connectivity index (χ4n) is 10.5. The molecule has 1 nitrogen and oxygen atoms in total. The lowest BCUT2D eigenvalue weighted by atomic mass is 9.65. The SMILES string of the molecule is c1ccc(C2(c3cccc(-c4ccc5c(c4)Oc4ccccc4C54c5ccccc5-c5ccccc54)c3)c3ccccc3-c3ccc4ccccc4c32)cc1. The minimum Gasteiger partial charge on any atom is -0.457 e. The van der Waals surface area contributed by atoms with Gasteiger partial charge in [0.05, 0.1) is 10.8 Å². The van der Waals surface area contributed by atoms with E-state index in [2.05, 4.69) is 206 Å². The van der Waals surface area contributed by atoms with Crippen LogP contribution in [0.1, 0.15) is 44.5 Å². The number of benzene rings is 9. The molecule has 1 atom stereocenters. The molecular weight excluding hydrogens is 665 g/mol. The molecular formula is C54H34O. The van der Waals surface area contributed by atoms with E-state index in [1.165, 1.54) is 77.5 Å². The molecule has 0 aromatic heterocycles. The van der Waals surface area contributed by atoms with Crippen molar-refractivity contribution >= 4 is 10.8 Å². The number of fused-ring (bicyclic) bond motifs is 14. The van der Waals surface area contributed by atoms with Crippen molar-refractivity contribution in [3.8, 4) is 44.9 Å². The van der Waals surface area contributed by atoms with Crippen LogP contribution in [0.15, 0.2) is 206 Å². The van der Waals surface area contributed by atoms with Gasteiger partial charge in [-0.05, 0) is 95.7 Å². The second-order valence-corrected chi connectivity index (χ2v) is 15.1. The summed E-state index contributed by atoms with van der Waals surface area (Å²) < 4.78 is 6.92. The maximum Gasteiger partial charge on any atom is 0.132 e. The normalized spacial score (nSPS) is 16.4. The van der Waals surface area contributed by atoms with E-state index in [1.54, 1.807) is 0 Å². The van der Waals surface area contributed by atoms with Crippen LogP contribution in [-0.4, -0.2) is 0 Å². The molecule has 12 rings (SSSR count). The van der Waals surface area contributed by atoms with Crippen LogP contribution in [0, 0.1) is 0 Å². The molecule has 2 aliphatic carbocycles. The lowest BCUT2D eigenvalue weighted by molar-refractivity contribution is 0.436. The Hall–Kier alpha value is -6.96. The van der Waals surface area contributed by atoms with Crippen molar-refractivity contribution in [2.24, 2.45) is 0 Å². The first-order valence-corrected chi connectivity index (χ1v) is 19.2. The topological polar surface area (TPSA) is 9.23 Å². The summed E-state index contributed by atoms with van der Waals surface area (Å²) >= 11 is 0. The van der Waals surface area contributed by atoms with E-state index in [1.807, 2.05) is 0 Å². The summed E-state index contributed by atoms with van der Waals surface area (Å²) in [4.78, 5) is 0. The van der Waals surface area contributed by atoms with Crippen LogP contribution in [0.3, 0.4) is 0 Å². The molecule has 1 unspecified atom stereocenters. The Morgan fingerprint density at radius 1 is 0.309 bits per heavy atom. The van der Waals surface area contributed by atoms with Gasteiger partial charge >= 0.3 is 0 Å². The molecule has 9 aromatic carbocycles. The number of hydrogen-bond acceptors (Lipinski definition) is 1. The van der Waals surface area contributed by atoms with E-state index >= 15 is 0 Å². The third kappa shape index (κ3) is 3.92. The van der Waals surface area contributed by atoms with Crippen molar-refractivity contribution < 1.29 is 4.74 Å². The lowest BCUT2D eigenvalue weighted by Gasteiger charge is -2.39. The first-order valence-electron chi connectivity index (χ1n) is 19.2. The van der Waals surface area contributed by atoms with E-state index in [4.69, 9.17) is 4.74 Å². The second-order valence-electron chi connectivity index (χ2n) is 15.1. The van der Waals surface area contributed by atoms with Gasteiger partial charge in [0.15, 0.2) is 0 Å². The molecule has 1 heterocycles. The summed E-state index contributed by atoms with van der Waals surface area (Å²) in [5.74, 6) is 1.80. The molecule has 0 amide bonds. The number of rotatable bonds is 3. The standard InChI is InChI=1S/C54H34O/c1-2-17-38(18-3-1)53(45-24-9-8-23-43(45)44-31-29-35-15-4-5-20-40(35)52(44)53)39-19-14-16-36(33-39)37-30-32-49-51(34-37)55-50-28-13-12-27-48(50)54(49)46-25-10-6-21-41(46)42-22-7-11-26-47(42)54/h1-34H. The largest absolute Gasteiger partial charge is 0.457 e. The molecule has 1 aliphatic heterocycles. The maximum atomic E-state index is 6.92. The van der Waals surface area contributed by atoms with Gasteiger partial charge in [-0.15, -0.1) is 0 Å². The van der Waals surface area contributed by atoms with Crippen molar-refractivity contribution in [3.63, 3.8) is 0 Å². The molecule has 55 heavy (non-hydrogen) atoms. The maximum absolute atomic E-state index is 6.92. The van der Waals surface area contributed by atoms with E-state index in [9.17, 15) is 0 Å². The van der Waals surface area contributed by atoms with Gasteiger partial charge in [0, 0.05) is 11.1 Å². The van der Waals surface area contributed by atoms with Gasteiger partial charge in [0.25, 0.3) is 0 Å². The highest BCUT2D eigenvalue weighted by atomic mass is 16.5. The Morgan fingerprint density at radius 2 is 0.873 bits per heavy atom. The third-order valence-corrected chi connectivity index (χ3v) is 12.6. The molecule has 0 saturated carbocycles. The molecule has 1 spiro atoms. The van der Waals surface area contributed by atoms with Gasteiger partial charge in [0.1, 0.15) is 11.5 Å². The highest BCUT2D eigenvalue weighted by Gasteiger charge is 2.51. The minimum absolute atomic E-state index is 0.479. The molecule has 0 bridgehead atoms. The highest BCUT2D eigenvalue weighted by molar-refractivity contribution is 6.00. The van der Waals surface area contributed by atoms with Crippen LogP contribution in [0.2, 0.25) is 0 Å². The number of hydrogen-bond donors (Lipinski definition) is 0. The predicted molar refractivity (Wildman–Crippen MR) is 224 cm³/mol. The molecule has 0 saturated heterocycles. The van der Waals surface area contributed by atoms with E-state index in [-0.39, 0.29) is 0 Å². The monoisotopic (exact) mass is 698 g/mol. The van der Waals surface area contributed by atoms with Gasteiger partial charge in [-0.1, -0.05) is 188 Å². The van der Waals surface area contributed by atoms with Crippen LogP contribution in [0.4, 0.5) is 0 Å². The summed E-state index contributed by atoms with van der Waals surface area (Å²) in [6.45, 7) is 0. The van der Waals surface area contributed by atoms with E-state index < -0.39 is 10.8 Å². The molecule has 0 N–H and O–H groups in total. The fourth-order valence-corrected chi connectivity index (χ4v) is 10.5. The first-order chi connectivity index (χ1) is 27.3. The number of para-hydroxylation sites is 1. The number of ether oxygens (including phenoxy) is 1. The molecule has 3 aliphatic rings.